The third-order valence-corrected chi connectivity index (χ3v) is 5.03. The van der Waals surface area contributed by atoms with Crippen molar-refractivity contribution in [2.24, 2.45) is 0 Å². The SMILES string of the molecule is CC1COCC(C)N1c1ccc(NC(=O)NC2CCCCC2)cc1. The summed E-state index contributed by atoms with van der Waals surface area (Å²) in [6.07, 6.45) is 5.92. The molecule has 2 atom stereocenters. The van der Waals surface area contributed by atoms with E-state index in [1.165, 1.54) is 24.9 Å². The third kappa shape index (κ3) is 4.20. The van der Waals surface area contributed by atoms with E-state index in [2.05, 4.69) is 41.5 Å². The van der Waals surface area contributed by atoms with Gasteiger partial charge in [0, 0.05) is 29.5 Å². The van der Waals surface area contributed by atoms with Gasteiger partial charge in [0.2, 0.25) is 0 Å². The first-order valence-corrected chi connectivity index (χ1v) is 9.17. The van der Waals surface area contributed by atoms with E-state index in [0.29, 0.717) is 18.1 Å². The van der Waals surface area contributed by atoms with Crippen LogP contribution in [0.1, 0.15) is 46.0 Å². The molecule has 1 saturated heterocycles. The fraction of sp³-hybridized carbons (Fsp3) is 0.632. The molecule has 5 nitrogen and oxygen atoms in total. The number of urea groups is 1. The highest BCUT2D eigenvalue weighted by molar-refractivity contribution is 5.89. The lowest BCUT2D eigenvalue weighted by Crippen LogP contribution is -2.49. The summed E-state index contributed by atoms with van der Waals surface area (Å²) in [5.41, 5.74) is 2.01. The summed E-state index contributed by atoms with van der Waals surface area (Å²) in [7, 11) is 0. The Hall–Kier alpha value is -1.75. The van der Waals surface area contributed by atoms with E-state index in [9.17, 15) is 4.79 Å². The third-order valence-electron chi connectivity index (χ3n) is 5.03. The zero-order valence-corrected chi connectivity index (χ0v) is 14.8. The van der Waals surface area contributed by atoms with Crippen LogP contribution in [-0.2, 0) is 4.74 Å². The highest BCUT2D eigenvalue weighted by atomic mass is 16.5. The summed E-state index contributed by atoms with van der Waals surface area (Å²) in [5.74, 6) is 0. The number of carbonyl (C=O) groups excluding carboxylic acids is 1. The molecule has 3 rings (SSSR count). The van der Waals surface area contributed by atoms with Crippen LogP contribution in [0.2, 0.25) is 0 Å². The Morgan fingerprint density at radius 3 is 2.29 bits per heavy atom. The molecular weight excluding hydrogens is 302 g/mol. The Bertz CT molecular complexity index is 530. The van der Waals surface area contributed by atoms with Gasteiger partial charge in [-0.1, -0.05) is 19.3 Å². The van der Waals surface area contributed by atoms with E-state index in [1.807, 2.05) is 12.1 Å². The number of rotatable bonds is 3. The van der Waals surface area contributed by atoms with Crippen molar-refractivity contribution < 1.29 is 9.53 Å². The van der Waals surface area contributed by atoms with Crippen molar-refractivity contribution >= 4 is 17.4 Å². The van der Waals surface area contributed by atoms with Gasteiger partial charge in [-0.2, -0.15) is 0 Å². The molecule has 2 aliphatic rings. The predicted octanol–water partition coefficient (Wildman–Crippen LogP) is 3.75. The van der Waals surface area contributed by atoms with Crippen molar-refractivity contribution in [2.75, 3.05) is 23.4 Å². The van der Waals surface area contributed by atoms with Gasteiger partial charge in [-0.3, -0.25) is 0 Å². The van der Waals surface area contributed by atoms with Gasteiger partial charge in [-0.05, 0) is 51.0 Å². The first-order chi connectivity index (χ1) is 11.6. The number of nitrogens with one attached hydrogen (secondary N) is 2. The number of nitrogens with zero attached hydrogens (tertiary/aromatic N) is 1. The Kier molecular flexibility index (Phi) is 5.61. The summed E-state index contributed by atoms with van der Waals surface area (Å²) < 4.78 is 5.59. The van der Waals surface area contributed by atoms with Gasteiger partial charge in [-0.15, -0.1) is 0 Å². The highest BCUT2D eigenvalue weighted by Gasteiger charge is 2.25. The molecular formula is C19H29N3O2. The smallest absolute Gasteiger partial charge is 0.319 e. The zero-order valence-electron chi connectivity index (χ0n) is 14.8. The maximum absolute atomic E-state index is 12.1. The normalized spacial score (nSPS) is 25.3. The quantitative estimate of drug-likeness (QED) is 0.887. The van der Waals surface area contributed by atoms with Crippen LogP contribution in [0.25, 0.3) is 0 Å². The minimum Gasteiger partial charge on any atom is -0.377 e. The molecule has 1 aliphatic carbocycles. The Morgan fingerprint density at radius 1 is 1.04 bits per heavy atom. The maximum atomic E-state index is 12.1. The molecule has 0 aromatic heterocycles. The lowest BCUT2D eigenvalue weighted by molar-refractivity contribution is 0.0757. The van der Waals surface area contributed by atoms with Crippen LogP contribution >= 0.6 is 0 Å². The second-order valence-corrected chi connectivity index (χ2v) is 7.12. The summed E-state index contributed by atoms with van der Waals surface area (Å²) in [5, 5.41) is 6.03. The molecule has 24 heavy (non-hydrogen) atoms. The number of carbonyl (C=O) groups is 1. The maximum Gasteiger partial charge on any atom is 0.319 e. The topological polar surface area (TPSA) is 53.6 Å². The van der Waals surface area contributed by atoms with Gasteiger partial charge in [0.15, 0.2) is 0 Å². The van der Waals surface area contributed by atoms with Gasteiger partial charge in [-0.25, -0.2) is 4.79 Å². The van der Waals surface area contributed by atoms with E-state index < -0.39 is 0 Å². The fourth-order valence-corrected chi connectivity index (χ4v) is 3.83. The summed E-state index contributed by atoms with van der Waals surface area (Å²) in [6, 6.07) is 9.07. The van der Waals surface area contributed by atoms with E-state index in [4.69, 9.17) is 4.74 Å². The molecule has 2 amide bonds. The number of hydrogen-bond donors (Lipinski definition) is 2. The van der Waals surface area contributed by atoms with Crippen molar-refractivity contribution in [3.05, 3.63) is 24.3 Å². The summed E-state index contributed by atoms with van der Waals surface area (Å²) in [4.78, 5) is 14.5. The van der Waals surface area contributed by atoms with Crippen molar-refractivity contribution in [2.45, 2.75) is 64.1 Å². The molecule has 5 heteroatoms. The van der Waals surface area contributed by atoms with E-state index >= 15 is 0 Å². The number of hydrogen-bond acceptors (Lipinski definition) is 3. The average molecular weight is 331 g/mol. The number of benzene rings is 1. The minimum atomic E-state index is -0.0947. The van der Waals surface area contributed by atoms with Crippen LogP contribution in [0, 0.1) is 0 Å². The molecule has 0 bridgehead atoms. The lowest BCUT2D eigenvalue weighted by Gasteiger charge is -2.40. The van der Waals surface area contributed by atoms with Gasteiger partial charge in [0.25, 0.3) is 0 Å². The monoisotopic (exact) mass is 331 g/mol. The number of anilines is 2. The first-order valence-electron chi connectivity index (χ1n) is 9.17. The molecule has 1 saturated carbocycles. The molecule has 2 fully saturated rings. The largest absolute Gasteiger partial charge is 0.377 e. The van der Waals surface area contributed by atoms with Crippen LogP contribution in [0.4, 0.5) is 16.2 Å². The molecule has 2 unspecified atom stereocenters. The number of ether oxygens (including phenoxy) is 1. The molecule has 0 radical (unpaired) electrons. The molecule has 0 spiro atoms. The van der Waals surface area contributed by atoms with Crippen LogP contribution in [0.15, 0.2) is 24.3 Å². The van der Waals surface area contributed by atoms with Crippen LogP contribution in [0.3, 0.4) is 0 Å². The molecule has 132 valence electrons. The van der Waals surface area contributed by atoms with E-state index in [-0.39, 0.29) is 6.03 Å². The van der Waals surface area contributed by atoms with Crippen LogP contribution < -0.4 is 15.5 Å². The molecule has 1 aromatic carbocycles. The standard InChI is InChI=1S/C19H29N3O2/c1-14-12-24-13-15(2)22(14)18-10-8-17(9-11-18)21-19(23)20-16-6-4-3-5-7-16/h8-11,14-16H,3-7,12-13H2,1-2H3,(H2,20,21,23). The van der Waals surface area contributed by atoms with Gasteiger partial charge in [0.05, 0.1) is 13.2 Å². The lowest BCUT2D eigenvalue weighted by atomic mass is 9.96. The van der Waals surface area contributed by atoms with Gasteiger partial charge >= 0.3 is 6.03 Å². The molecule has 1 aromatic rings. The van der Waals surface area contributed by atoms with Crippen LogP contribution in [0.5, 0.6) is 0 Å². The Balaban J connectivity index is 1.56. The summed E-state index contributed by atoms with van der Waals surface area (Å²) in [6.45, 7) is 5.88. The number of amides is 2. The predicted molar refractivity (Wildman–Crippen MR) is 97.7 cm³/mol. The van der Waals surface area contributed by atoms with E-state index in [0.717, 1.165) is 31.7 Å². The van der Waals surface area contributed by atoms with E-state index in [1.54, 1.807) is 0 Å². The Labute approximate surface area is 144 Å². The van der Waals surface area contributed by atoms with Crippen molar-refractivity contribution in [1.29, 1.82) is 0 Å². The second-order valence-electron chi connectivity index (χ2n) is 7.12. The zero-order chi connectivity index (χ0) is 16.9. The summed E-state index contributed by atoms with van der Waals surface area (Å²) >= 11 is 0. The number of morpholine rings is 1. The Morgan fingerprint density at radius 2 is 1.67 bits per heavy atom. The van der Waals surface area contributed by atoms with Crippen molar-refractivity contribution in [3.8, 4) is 0 Å². The van der Waals surface area contributed by atoms with Crippen molar-refractivity contribution in [3.63, 3.8) is 0 Å². The van der Waals surface area contributed by atoms with Gasteiger partial charge in [0.1, 0.15) is 0 Å². The molecule has 1 heterocycles. The fourth-order valence-electron chi connectivity index (χ4n) is 3.83. The molecule has 2 N–H and O–H groups in total. The average Bonchev–Trinajstić information content (AvgIpc) is 2.57. The molecule has 1 aliphatic heterocycles. The van der Waals surface area contributed by atoms with Crippen molar-refractivity contribution in [1.82, 2.24) is 5.32 Å². The second kappa shape index (κ2) is 7.88. The first kappa shape index (κ1) is 17.1. The van der Waals surface area contributed by atoms with Gasteiger partial charge < -0.3 is 20.3 Å². The highest BCUT2D eigenvalue weighted by Crippen LogP contribution is 2.25. The van der Waals surface area contributed by atoms with Crippen LogP contribution in [-0.4, -0.2) is 37.4 Å². The minimum absolute atomic E-state index is 0.0947.